The highest BCUT2D eigenvalue weighted by atomic mass is 79.9. The first-order valence-electron chi connectivity index (χ1n) is 5.75. The monoisotopic (exact) mass is 311 g/mol. The molecule has 0 aromatic carbocycles. The summed E-state index contributed by atoms with van der Waals surface area (Å²) in [5, 5.41) is 12.0. The lowest BCUT2D eigenvalue weighted by atomic mass is 10.2. The van der Waals surface area contributed by atoms with Crippen LogP contribution in [0, 0.1) is 0 Å². The van der Waals surface area contributed by atoms with Crippen LogP contribution in [0.4, 0.5) is 0 Å². The second-order valence-electron chi connectivity index (χ2n) is 3.87. The van der Waals surface area contributed by atoms with Gasteiger partial charge in [-0.15, -0.1) is 5.10 Å². The summed E-state index contributed by atoms with van der Waals surface area (Å²) in [5.74, 6) is -0.122. The zero-order chi connectivity index (χ0) is 13.3. The van der Waals surface area contributed by atoms with Gasteiger partial charge in [0.05, 0.1) is 5.69 Å². The van der Waals surface area contributed by atoms with Crippen molar-refractivity contribution in [1.82, 2.24) is 24.8 Å². The molecule has 0 saturated heterocycles. The third-order valence-electron chi connectivity index (χ3n) is 2.73. The van der Waals surface area contributed by atoms with Gasteiger partial charge in [-0.1, -0.05) is 12.1 Å². The number of aryl methyl sites for hydroxylation is 3. The average molecular weight is 312 g/mol. The average Bonchev–Trinajstić information content (AvgIpc) is 2.92. The van der Waals surface area contributed by atoms with E-state index >= 15 is 0 Å². The molecule has 2 heterocycles. The summed E-state index contributed by atoms with van der Waals surface area (Å²) in [4.78, 5) is 12.5. The topological polar surface area (TPSA) is 65.6 Å². The number of nitrogens with zero attached hydrogens (tertiary/aromatic N) is 5. The van der Waals surface area contributed by atoms with Gasteiger partial charge < -0.3 is 0 Å². The van der Waals surface area contributed by atoms with Gasteiger partial charge in [-0.2, -0.15) is 5.10 Å². The Hall–Kier alpha value is -1.50. The lowest BCUT2D eigenvalue weighted by Crippen LogP contribution is -2.14. The fourth-order valence-corrected chi connectivity index (χ4v) is 2.27. The van der Waals surface area contributed by atoms with E-state index in [9.17, 15) is 4.79 Å². The number of halogens is 1. The fourth-order valence-electron chi connectivity index (χ4n) is 1.76. The van der Waals surface area contributed by atoms with Crippen molar-refractivity contribution in [3.05, 3.63) is 27.8 Å². The summed E-state index contributed by atoms with van der Waals surface area (Å²) in [6.45, 7) is 4.63. The van der Waals surface area contributed by atoms with Gasteiger partial charge >= 0.3 is 0 Å². The van der Waals surface area contributed by atoms with E-state index in [-0.39, 0.29) is 5.78 Å². The van der Waals surface area contributed by atoms with Crippen LogP contribution in [0.5, 0.6) is 0 Å². The van der Waals surface area contributed by atoms with Crippen LogP contribution in [0.25, 0.3) is 0 Å². The molecule has 0 radical (unpaired) electrons. The maximum Gasteiger partial charge on any atom is 0.231 e. The number of carbonyl (C=O) groups excluding carboxylic acids is 1. The van der Waals surface area contributed by atoms with E-state index in [1.54, 1.807) is 11.7 Å². The highest BCUT2D eigenvalue weighted by molar-refractivity contribution is 9.10. The van der Waals surface area contributed by atoms with Crippen molar-refractivity contribution >= 4 is 21.7 Å². The highest BCUT2D eigenvalue weighted by Gasteiger charge is 2.22. The molecule has 2 aromatic rings. The van der Waals surface area contributed by atoms with Crippen LogP contribution in [-0.2, 0) is 20.0 Å². The quantitative estimate of drug-likeness (QED) is 0.804. The molecule has 0 spiro atoms. The van der Waals surface area contributed by atoms with E-state index in [1.165, 1.54) is 4.68 Å². The number of hydrogen-bond acceptors (Lipinski definition) is 4. The predicted molar refractivity (Wildman–Crippen MR) is 69.4 cm³/mol. The zero-order valence-corrected chi connectivity index (χ0v) is 12.1. The largest absolute Gasteiger partial charge is 0.285 e. The molecule has 2 rings (SSSR count). The Bertz CT molecular complexity index is 567. The second kappa shape index (κ2) is 5.01. The summed E-state index contributed by atoms with van der Waals surface area (Å²) in [7, 11) is 1.69. The normalized spacial score (nSPS) is 10.9. The summed E-state index contributed by atoms with van der Waals surface area (Å²) in [6.07, 6.45) is 0.804. The van der Waals surface area contributed by atoms with Crippen LogP contribution in [-0.4, -0.2) is 30.6 Å². The summed E-state index contributed by atoms with van der Waals surface area (Å²) < 4.78 is 3.63. The molecule has 0 saturated carbocycles. The van der Waals surface area contributed by atoms with E-state index in [2.05, 4.69) is 31.3 Å². The zero-order valence-electron chi connectivity index (χ0n) is 10.5. The minimum absolute atomic E-state index is 0.122. The Labute approximate surface area is 113 Å². The maximum atomic E-state index is 12.5. The molecule has 6 nitrogen and oxygen atoms in total. The summed E-state index contributed by atoms with van der Waals surface area (Å²) >= 11 is 3.24. The first-order chi connectivity index (χ1) is 8.58. The molecule has 0 aliphatic rings. The van der Waals surface area contributed by atoms with Gasteiger partial charge in [0.1, 0.15) is 11.4 Å². The van der Waals surface area contributed by atoms with Gasteiger partial charge in [0, 0.05) is 13.6 Å². The van der Waals surface area contributed by atoms with E-state index in [0.717, 1.165) is 12.1 Å². The number of ketones is 1. The van der Waals surface area contributed by atoms with Crippen LogP contribution in [0.1, 0.15) is 35.7 Å². The molecule has 0 N–H and O–H groups in total. The first kappa shape index (κ1) is 12.9. The molecule has 0 amide bonds. The number of carbonyl (C=O) groups is 1. The van der Waals surface area contributed by atoms with Crippen LogP contribution in [0.3, 0.4) is 0 Å². The van der Waals surface area contributed by atoms with Crippen molar-refractivity contribution in [1.29, 1.82) is 0 Å². The van der Waals surface area contributed by atoms with Crippen LogP contribution in [0.2, 0.25) is 0 Å². The molecule has 0 unspecified atom stereocenters. The van der Waals surface area contributed by atoms with Crippen molar-refractivity contribution in [2.45, 2.75) is 26.8 Å². The molecule has 96 valence electrons. The Morgan fingerprint density at radius 2 is 2.17 bits per heavy atom. The lowest BCUT2D eigenvalue weighted by molar-refractivity contribution is 0.101. The molecular weight excluding hydrogens is 298 g/mol. The molecule has 0 bridgehead atoms. The SMILES string of the molecule is CCc1cc(C(=O)c2c(Br)nnn2C)n(CC)n1. The van der Waals surface area contributed by atoms with Crippen LogP contribution >= 0.6 is 15.9 Å². The maximum absolute atomic E-state index is 12.5. The van der Waals surface area contributed by atoms with Gasteiger partial charge in [0.25, 0.3) is 0 Å². The Morgan fingerprint density at radius 1 is 1.44 bits per heavy atom. The van der Waals surface area contributed by atoms with E-state index in [1.807, 2.05) is 19.9 Å². The molecular formula is C11H14BrN5O. The predicted octanol–water partition coefficient (Wildman–Crippen LogP) is 1.59. The number of aromatic nitrogens is 5. The van der Waals surface area contributed by atoms with E-state index in [0.29, 0.717) is 22.5 Å². The molecule has 18 heavy (non-hydrogen) atoms. The molecule has 7 heteroatoms. The second-order valence-corrected chi connectivity index (χ2v) is 4.62. The first-order valence-corrected chi connectivity index (χ1v) is 6.54. The van der Waals surface area contributed by atoms with Crippen molar-refractivity contribution < 1.29 is 4.79 Å². The van der Waals surface area contributed by atoms with Gasteiger partial charge in [0.15, 0.2) is 4.60 Å². The van der Waals surface area contributed by atoms with Crippen molar-refractivity contribution in [2.75, 3.05) is 0 Å². The Kier molecular flexibility index (Phi) is 3.60. The molecule has 0 aliphatic carbocycles. The van der Waals surface area contributed by atoms with Crippen LogP contribution in [0.15, 0.2) is 10.7 Å². The van der Waals surface area contributed by atoms with Crippen molar-refractivity contribution in [3.8, 4) is 0 Å². The Morgan fingerprint density at radius 3 is 2.67 bits per heavy atom. The third-order valence-corrected chi connectivity index (χ3v) is 3.26. The third kappa shape index (κ3) is 2.10. The van der Waals surface area contributed by atoms with Gasteiger partial charge in [-0.3, -0.25) is 9.48 Å². The standard InChI is InChI=1S/C11H14BrN5O/c1-4-7-6-8(17(5-2)14-7)10(18)9-11(12)13-15-16(9)3/h6H,4-5H2,1-3H3. The highest BCUT2D eigenvalue weighted by Crippen LogP contribution is 2.17. The lowest BCUT2D eigenvalue weighted by Gasteiger charge is -2.03. The summed E-state index contributed by atoms with van der Waals surface area (Å²) in [6, 6.07) is 1.82. The van der Waals surface area contributed by atoms with Crippen LogP contribution < -0.4 is 0 Å². The molecule has 2 aromatic heterocycles. The van der Waals surface area contributed by atoms with Crippen molar-refractivity contribution in [2.24, 2.45) is 7.05 Å². The van der Waals surface area contributed by atoms with Gasteiger partial charge in [0.2, 0.25) is 5.78 Å². The fraction of sp³-hybridized carbons (Fsp3) is 0.455. The van der Waals surface area contributed by atoms with Gasteiger partial charge in [-0.05, 0) is 35.3 Å². The van der Waals surface area contributed by atoms with Gasteiger partial charge in [-0.25, -0.2) is 4.68 Å². The molecule has 0 aliphatic heterocycles. The minimum atomic E-state index is -0.122. The number of hydrogen-bond donors (Lipinski definition) is 0. The van der Waals surface area contributed by atoms with E-state index in [4.69, 9.17) is 0 Å². The molecule has 0 fully saturated rings. The smallest absolute Gasteiger partial charge is 0.231 e. The van der Waals surface area contributed by atoms with Crippen molar-refractivity contribution in [3.63, 3.8) is 0 Å². The Balaban J connectivity index is 2.49. The minimum Gasteiger partial charge on any atom is -0.285 e. The molecule has 0 atom stereocenters. The van der Waals surface area contributed by atoms with E-state index < -0.39 is 0 Å². The summed E-state index contributed by atoms with van der Waals surface area (Å²) in [5.41, 5.74) is 1.92. The number of rotatable bonds is 4.